The Hall–Kier alpha value is -0.108. The Morgan fingerprint density at radius 3 is 2.74 bits per heavy atom. The molecule has 1 fully saturated rings. The van der Waals surface area contributed by atoms with Gasteiger partial charge in [-0.15, -0.1) is 5.10 Å². The van der Waals surface area contributed by atoms with Gasteiger partial charge in [0.05, 0.1) is 6.61 Å². The maximum atomic E-state index is 9.78. The van der Waals surface area contributed by atoms with Crippen molar-refractivity contribution in [2.24, 2.45) is 10.7 Å². The van der Waals surface area contributed by atoms with Gasteiger partial charge in [-0.25, -0.2) is 9.67 Å². The molecule has 0 amide bonds. The zero-order valence-corrected chi connectivity index (χ0v) is 15.0. The van der Waals surface area contributed by atoms with Crippen LogP contribution in [0.4, 0.5) is 0 Å². The zero-order valence-electron chi connectivity index (χ0n) is 10.3. The van der Waals surface area contributed by atoms with Gasteiger partial charge in [0.25, 0.3) is 0 Å². The van der Waals surface area contributed by atoms with Gasteiger partial charge < -0.3 is 25.8 Å². The first-order valence-corrected chi connectivity index (χ1v) is 5.34. The van der Waals surface area contributed by atoms with Gasteiger partial charge in [0.15, 0.2) is 12.1 Å². The Kier molecular flexibility index (Phi) is 6.30. The van der Waals surface area contributed by atoms with E-state index in [1.165, 1.54) is 18.1 Å². The van der Waals surface area contributed by atoms with Gasteiger partial charge in [-0.3, -0.25) is 4.99 Å². The third kappa shape index (κ3) is 3.32. The van der Waals surface area contributed by atoms with Gasteiger partial charge in [0, 0.05) is 51.1 Å². The SMILES string of the molecule is CN=C(N)c1ncn(C2OC(CO)C(O)C2O)n1.[Ac]. The van der Waals surface area contributed by atoms with Crippen molar-refractivity contribution in [1.29, 1.82) is 0 Å². The molecule has 4 unspecified atom stereocenters. The van der Waals surface area contributed by atoms with E-state index in [1.807, 2.05) is 0 Å². The molecule has 0 aromatic carbocycles. The average molecular weight is 484 g/mol. The number of nitrogens with two attached hydrogens (primary N) is 1. The van der Waals surface area contributed by atoms with Crippen LogP contribution in [0.1, 0.15) is 12.1 Å². The Bertz CT molecular complexity index is 454. The molecule has 0 aliphatic carbocycles. The van der Waals surface area contributed by atoms with Crippen molar-refractivity contribution in [3.8, 4) is 0 Å². The normalized spacial score (nSPS) is 31.3. The standard InChI is InChI=1S/C9H15N5O4.Ac/c1-11-7(10)8-12-3-14(13-8)9-6(17)5(16)4(2-15)18-9;/h3-6,9,15-17H,2H2,1H3,(H2,10,11);. The van der Waals surface area contributed by atoms with Crippen LogP contribution in [0.2, 0.25) is 0 Å². The fourth-order valence-corrected chi connectivity index (χ4v) is 1.71. The van der Waals surface area contributed by atoms with Crippen molar-refractivity contribution in [1.82, 2.24) is 14.8 Å². The van der Waals surface area contributed by atoms with Gasteiger partial charge in [-0.05, 0) is 0 Å². The fourth-order valence-electron chi connectivity index (χ4n) is 1.71. The van der Waals surface area contributed by atoms with E-state index in [9.17, 15) is 10.2 Å². The van der Waals surface area contributed by atoms with Crippen molar-refractivity contribution in [3.63, 3.8) is 0 Å². The number of aliphatic imine (C=N–C) groups is 1. The monoisotopic (exact) mass is 484 g/mol. The molecular formula is C9H15AcN5O4. The van der Waals surface area contributed by atoms with Crippen LogP contribution in [-0.4, -0.2) is 67.9 Å². The maximum absolute atomic E-state index is 9.78. The van der Waals surface area contributed by atoms with Crippen LogP contribution in [0.15, 0.2) is 11.3 Å². The Balaban J connectivity index is 0.00000180. The van der Waals surface area contributed by atoms with Gasteiger partial charge in [-0.2, -0.15) is 0 Å². The maximum Gasteiger partial charge on any atom is 0.216 e. The molecule has 0 saturated carbocycles. The summed E-state index contributed by atoms with van der Waals surface area (Å²) in [6.45, 7) is -0.394. The second-order valence-corrected chi connectivity index (χ2v) is 3.89. The van der Waals surface area contributed by atoms with E-state index in [1.54, 1.807) is 0 Å². The van der Waals surface area contributed by atoms with Crippen LogP contribution in [0.3, 0.4) is 0 Å². The molecule has 1 aromatic rings. The van der Waals surface area contributed by atoms with Gasteiger partial charge >= 0.3 is 0 Å². The fraction of sp³-hybridized carbons (Fsp3) is 0.667. The first kappa shape index (κ1) is 16.9. The van der Waals surface area contributed by atoms with Crippen LogP contribution in [0, 0.1) is 44.1 Å². The summed E-state index contributed by atoms with van der Waals surface area (Å²) in [5, 5.41) is 32.3. The minimum atomic E-state index is -1.20. The molecule has 103 valence electrons. The first-order chi connectivity index (χ1) is 8.58. The summed E-state index contributed by atoms with van der Waals surface area (Å²) in [6.07, 6.45) is -2.83. The van der Waals surface area contributed by atoms with Gasteiger partial charge in [0.2, 0.25) is 5.82 Å². The number of aromatic nitrogens is 3. The minimum absolute atomic E-state index is 0. The molecule has 1 radical (unpaired) electrons. The summed E-state index contributed by atoms with van der Waals surface area (Å²) < 4.78 is 6.51. The van der Waals surface area contributed by atoms with Crippen LogP contribution in [-0.2, 0) is 4.74 Å². The molecule has 0 spiro atoms. The number of ether oxygens (including phenoxy) is 1. The molecule has 9 nitrogen and oxygen atoms in total. The summed E-state index contributed by atoms with van der Waals surface area (Å²) in [6, 6.07) is 0. The molecule has 1 aliphatic heterocycles. The summed E-state index contributed by atoms with van der Waals surface area (Å²) in [5.74, 6) is 0.357. The van der Waals surface area contributed by atoms with Crippen molar-refractivity contribution >= 4 is 5.84 Å². The second kappa shape index (κ2) is 7.06. The zero-order chi connectivity index (χ0) is 13.3. The Morgan fingerprint density at radius 2 is 2.21 bits per heavy atom. The Labute approximate surface area is 145 Å². The number of hydrogen-bond donors (Lipinski definition) is 4. The molecule has 2 rings (SSSR count). The molecule has 19 heavy (non-hydrogen) atoms. The predicted molar refractivity (Wildman–Crippen MR) is 59.7 cm³/mol. The number of nitrogens with zero attached hydrogens (tertiary/aromatic N) is 4. The predicted octanol–water partition coefficient (Wildman–Crippen LogP) is -2.78. The number of rotatable bonds is 3. The summed E-state index contributed by atoms with van der Waals surface area (Å²) >= 11 is 0. The Morgan fingerprint density at radius 1 is 1.53 bits per heavy atom. The van der Waals surface area contributed by atoms with E-state index in [4.69, 9.17) is 15.6 Å². The molecule has 5 N–H and O–H groups in total. The molecular weight excluding hydrogens is 469 g/mol. The first-order valence-electron chi connectivity index (χ1n) is 5.34. The third-order valence-electron chi connectivity index (χ3n) is 2.76. The van der Waals surface area contributed by atoms with Crippen LogP contribution >= 0.6 is 0 Å². The van der Waals surface area contributed by atoms with E-state index < -0.39 is 31.1 Å². The molecule has 4 atom stereocenters. The largest absolute Gasteiger partial charge is 0.394 e. The van der Waals surface area contributed by atoms with Crippen molar-refractivity contribution in [3.05, 3.63) is 12.2 Å². The van der Waals surface area contributed by atoms with Crippen molar-refractivity contribution in [2.75, 3.05) is 13.7 Å². The molecule has 1 aliphatic rings. The summed E-state index contributed by atoms with van der Waals surface area (Å²) in [4.78, 5) is 7.63. The van der Waals surface area contributed by atoms with E-state index in [-0.39, 0.29) is 55.7 Å². The van der Waals surface area contributed by atoms with Gasteiger partial charge in [-0.1, -0.05) is 0 Å². The van der Waals surface area contributed by atoms with Crippen molar-refractivity contribution < 1.29 is 64.1 Å². The molecule has 10 heteroatoms. The van der Waals surface area contributed by atoms with Crippen LogP contribution in [0.5, 0.6) is 0 Å². The second-order valence-electron chi connectivity index (χ2n) is 3.89. The van der Waals surface area contributed by atoms with Crippen molar-refractivity contribution in [2.45, 2.75) is 24.5 Å². The molecule has 0 bridgehead atoms. The number of aliphatic hydroxyl groups excluding tert-OH is 3. The third-order valence-corrected chi connectivity index (χ3v) is 2.76. The average Bonchev–Trinajstić information content (AvgIpc) is 2.96. The topological polar surface area (TPSA) is 139 Å². The quantitative estimate of drug-likeness (QED) is 0.269. The van der Waals surface area contributed by atoms with E-state index >= 15 is 0 Å². The van der Waals surface area contributed by atoms with Crippen LogP contribution in [0.25, 0.3) is 0 Å². The molecule has 2 heterocycles. The molecule has 1 saturated heterocycles. The van der Waals surface area contributed by atoms with E-state index in [2.05, 4.69) is 15.1 Å². The molecule has 1 aromatic heterocycles. The van der Waals surface area contributed by atoms with Crippen LogP contribution < -0.4 is 5.73 Å². The number of hydrogen-bond acceptors (Lipinski definition) is 7. The van der Waals surface area contributed by atoms with Gasteiger partial charge in [0.1, 0.15) is 24.6 Å². The smallest absolute Gasteiger partial charge is 0.216 e. The number of amidine groups is 1. The summed E-state index contributed by atoms with van der Waals surface area (Å²) in [5.41, 5.74) is 5.54. The summed E-state index contributed by atoms with van der Waals surface area (Å²) in [7, 11) is 1.50. The number of aliphatic hydroxyl groups is 3. The van der Waals surface area contributed by atoms with E-state index in [0.29, 0.717) is 0 Å². The minimum Gasteiger partial charge on any atom is -0.394 e. The van der Waals surface area contributed by atoms with E-state index in [0.717, 1.165) is 0 Å².